The molecule has 2 aromatic heterocycles. The summed E-state index contributed by atoms with van der Waals surface area (Å²) >= 11 is 4.77. The largest absolute Gasteiger partial charge is 0.355 e. The fourth-order valence-corrected chi connectivity index (χ4v) is 3.79. The zero-order valence-corrected chi connectivity index (χ0v) is 17.9. The van der Waals surface area contributed by atoms with Crippen molar-refractivity contribution in [2.24, 2.45) is 0 Å². The first-order valence-corrected chi connectivity index (χ1v) is 10.9. The predicted octanol–water partition coefficient (Wildman–Crippen LogP) is 4.00. The molecular weight excluding hydrogens is 450 g/mol. The molecule has 1 amide bonds. The average Bonchev–Trinajstić information content (AvgIpc) is 3.16. The van der Waals surface area contributed by atoms with Crippen LogP contribution in [-0.2, 0) is 11.2 Å². The Morgan fingerprint density at radius 1 is 1.00 bits per heavy atom. The van der Waals surface area contributed by atoms with Gasteiger partial charge in [0, 0.05) is 16.6 Å². The number of fused-ring (bicyclic) bond motifs is 1. The van der Waals surface area contributed by atoms with Crippen LogP contribution < -0.4 is 5.32 Å². The van der Waals surface area contributed by atoms with E-state index in [4.69, 9.17) is 0 Å². The summed E-state index contributed by atoms with van der Waals surface area (Å²) in [5.41, 5.74) is 3.67. The van der Waals surface area contributed by atoms with Crippen LogP contribution in [0.5, 0.6) is 0 Å². The molecule has 146 valence electrons. The Morgan fingerprint density at radius 3 is 2.59 bits per heavy atom. The average molecular weight is 468 g/mol. The van der Waals surface area contributed by atoms with Crippen LogP contribution in [0.1, 0.15) is 5.56 Å². The topological polar surface area (TPSA) is 72.2 Å². The summed E-state index contributed by atoms with van der Waals surface area (Å²) in [7, 11) is 0. The fourth-order valence-electron chi connectivity index (χ4n) is 2.81. The van der Waals surface area contributed by atoms with Gasteiger partial charge in [-0.15, -0.1) is 10.2 Å². The third-order valence-corrected chi connectivity index (χ3v) is 5.73. The highest BCUT2D eigenvalue weighted by atomic mass is 79.9. The van der Waals surface area contributed by atoms with Crippen molar-refractivity contribution in [1.82, 2.24) is 25.1 Å². The molecule has 2 aromatic carbocycles. The number of carbonyl (C=O) groups is 1. The Balaban J connectivity index is 1.38. The zero-order valence-electron chi connectivity index (χ0n) is 15.5. The molecule has 0 atom stereocenters. The molecule has 0 radical (unpaired) electrons. The van der Waals surface area contributed by atoms with E-state index in [1.54, 1.807) is 4.52 Å². The number of aromatic nitrogens is 4. The maximum atomic E-state index is 12.2. The summed E-state index contributed by atoms with van der Waals surface area (Å²) in [5.74, 6) is 0.228. The Hall–Kier alpha value is -2.71. The second-order valence-electron chi connectivity index (χ2n) is 6.35. The molecule has 0 saturated carbocycles. The van der Waals surface area contributed by atoms with Crippen LogP contribution in [0.2, 0.25) is 0 Å². The summed E-state index contributed by atoms with van der Waals surface area (Å²) in [6.45, 7) is 0.607. The SMILES string of the molecule is O=C(CSc1nnc2ccc(-c3ccc(Br)cc3)nn12)NCCc1ccccc1. The Bertz CT molecular complexity index is 1120. The van der Waals surface area contributed by atoms with E-state index in [9.17, 15) is 4.79 Å². The van der Waals surface area contributed by atoms with E-state index in [2.05, 4.69) is 48.7 Å². The van der Waals surface area contributed by atoms with Gasteiger partial charge in [0.25, 0.3) is 0 Å². The number of halogens is 1. The summed E-state index contributed by atoms with van der Waals surface area (Å²) in [6.07, 6.45) is 0.809. The van der Waals surface area contributed by atoms with Crippen molar-refractivity contribution in [2.45, 2.75) is 11.6 Å². The fraction of sp³-hybridized carbons (Fsp3) is 0.143. The third kappa shape index (κ3) is 5.02. The predicted molar refractivity (Wildman–Crippen MR) is 118 cm³/mol. The van der Waals surface area contributed by atoms with Gasteiger partial charge in [0.2, 0.25) is 11.1 Å². The van der Waals surface area contributed by atoms with E-state index in [-0.39, 0.29) is 11.7 Å². The lowest BCUT2D eigenvalue weighted by Crippen LogP contribution is -2.27. The minimum atomic E-state index is -0.0354. The molecule has 0 aliphatic carbocycles. The summed E-state index contributed by atoms with van der Waals surface area (Å²) in [4.78, 5) is 12.2. The van der Waals surface area contributed by atoms with Gasteiger partial charge in [-0.3, -0.25) is 4.79 Å². The third-order valence-electron chi connectivity index (χ3n) is 4.29. The van der Waals surface area contributed by atoms with Crippen molar-refractivity contribution in [3.8, 4) is 11.3 Å². The van der Waals surface area contributed by atoms with Crippen molar-refractivity contribution < 1.29 is 4.79 Å². The van der Waals surface area contributed by atoms with Gasteiger partial charge in [-0.25, -0.2) is 0 Å². The quantitative estimate of drug-likeness (QED) is 0.415. The van der Waals surface area contributed by atoms with Crippen molar-refractivity contribution in [1.29, 1.82) is 0 Å². The van der Waals surface area contributed by atoms with Crippen LogP contribution in [0.15, 0.2) is 76.4 Å². The molecule has 0 aliphatic rings. The molecule has 0 spiro atoms. The number of nitrogens with one attached hydrogen (secondary N) is 1. The molecule has 6 nitrogen and oxygen atoms in total. The lowest BCUT2D eigenvalue weighted by Gasteiger charge is -2.05. The van der Waals surface area contributed by atoms with Gasteiger partial charge in [-0.05, 0) is 36.2 Å². The van der Waals surface area contributed by atoms with E-state index in [1.165, 1.54) is 17.3 Å². The highest BCUT2D eigenvalue weighted by Crippen LogP contribution is 2.22. The summed E-state index contributed by atoms with van der Waals surface area (Å²) in [6, 6.07) is 21.8. The van der Waals surface area contributed by atoms with Gasteiger partial charge in [0.1, 0.15) is 0 Å². The number of carbonyl (C=O) groups excluding carboxylic acids is 1. The van der Waals surface area contributed by atoms with Gasteiger partial charge in [-0.2, -0.15) is 9.61 Å². The van der Waals surface area contributed by atoms with E-state index >= 15 is 0 Å². The molecular formula is C21H18BrN5OS. The van der Waals surface area contributed by atoms with Gasteiger partial charge in [0.05, 0.1) is 11.4 Å². The first kappa shape index (κ1) is 19.6. The lowest BCUT2D eigenvalue weighted by molar-refractivity contribution is -0.118. The monoisotopic (exact) mass is 467 g/mol. The van der Waals surface area contributed by atoms with Crippen LogP contribution >= 0.6 is 27.7 Å². The standard InChI is InChI=1S/C21H18BrN5OS/c22-17-8-6-16(7-9-17)18-10-11-19-24-25-21(27(19)26-18)29-14-20(28)23-13-12-15-4-2-1-3-5-15/h1-11H,12-14H2,(H,23,28). The molecule has 0 saturated heterocycles. The number of thioether (sulfide) groups is 1. The first-order valence-electron chi connectivity index (χ1n) is 9.11. The second-order valence-corrected chi connectivity index (χ2v) is 8.21. The zero-order chi connectivity index (χ0) is 20.1. The Morgan fingerprint density at radius 2 is 1.79 bits per heavy atom. The molecule has 8 heteroatoms. The van der Waals surface area contributed by atoms with Crippen LogP contribution in [0.4, 0.5) is 0 Å². The number of nitrogens with zero attached hydrogens (tertiary/aromatic N) is 4. The molecule has 4 rings (SSSR count). The number of benzene rings is 2. The van der Waals surface area contributed by atoms with E-state index < -0.39 is 0 Å². The molecule has 4 aromatic rings. The van der Waals surface area contributed by atoms with Crippen molar-refractivity contribution >= 4 is 39.2 Å². The Kier molecular flexibility index (Phi) is 6.21. The molecule has 2 heterocycles. The lowest BCUT2D eigenvalue weighted by atomic mass is 10.1. The maximum absolute atomic E-state index is 12.2. The van der Waals surface area contributed by atoms with Gasteiger partial charge in [-0.1, -0.05) is 70.2 Å². The van der Waals surface area contributed by atoms with Crippen LogP contribution in [-0.4, -0.2) is 38.0 Å². The number of hydrogen-bond donors (Lipinski definition) is 1. The molecule has 0 bridgehead atoms. The van der Waals surface area contributed by atoms with Crippen LogP contribution in [0.3, 0.4) is 0 Å². The van der Waals surface area contributed by atoms with Crippen molar-refractivity contribution in [3.63, 3.8) is 0 Å². The number of amides is 1. The first-order chi connectivity index (χ1) is 14.2. The van der Waals surface area contributed by atoms with Crippen molar-refractivity contribution in [2.75, 3.05) is 12.3 Å². The minimum Gasteiger partial charge on any atom is -0.355 e. The van der Waals surface area contributed by atoms with Crippen molar-refractivity contribution in [3.05, 3.63) is 76.8 Å². The molecule has 1 N–H and O–H groups in total. The normalized spacial score (nSPS) is 10.9. The highest BCUT2D eigenvalue weighted by Gasteiger charge is 2.11. The molecule has 0 unspecified atom stereocenters. The van der Waals surface area contributed by atoms with Crippen LogP contribution in [0.25, 0.3) is 16.9 Å². The molecule has 0 aliphatic heterocycles. The highest BCUT2D eigenvalue weighted by molar-refractivity contribution is 9.10. The molecule has 29 heavy (non-hydrogen) atoms. The van der Waals surface area contributed by atoms with Crippen LogP contribution in [0, 0.1) is 0 Å². The van der Waals surface area contributed by atoms with E-state index in [1.807, 2.05) is 54.6 Å². The molecule has 0 fully saturated rings. The van der Waals surface area contributed by atoms with E-state index in [0.717, 1.165) is 22.2 Å². The maximum Gasteiger partial charge on any atom is 0.230 e. The smallest absolute Gasteiger partial charge is 0.230 e. The van der Waals surface area contributed by atoms with Gasteiger partial charge < -0.3 is 5.32 Å². The minimum absolute atomic E-state index is 0.0354. The Labute approximate surface area is 180 Å². The number of rotatable bonds is 7. The summed E-state index contributed by atoms with van der Waals surface area (Å²) < 4.78 is 2.69. The summed E-state index contributed by atoms with van der Waals surface area (Å²) in [5, 5.41) is 16.5. The van der Waals surface area contributed by atoms with Gasteiger partial charge in [0.15, 0.2) is 5.65 Å². The second kappa shape index (κ2) is 9.19. The van der Waals surface area contributed by atoms with Gasteiger partial charge >= 0.3 is 0 Å². The van der Waals surface area contributed by atoms with E-state index in [0.29, 0.717) is 17.3 Å². The number of hydrogen-bond acceptors (Lipinski definition) is 5.